The predicted octanol–water partition coefficient (Wildman–Crippen LogP) is 4.65. The number of benzene rings is 1. The Balaban J connectivity index is 1.04. The second-order valence-electron chi connectivity index (χ2n) is 11.1. The van der Waals surface area contributed by atoms with Crippen molar-refractivity contribution < 1.29 is 31.4 Å². The molecular weight excluding hydrogens is 651 g/mol. The lowest BCUT2D eigenvalue weighted by atomic mass is 10.2. The molecule has 18 heteroatoms. The summed E-state index contributed by atoms with van der Waals surface area (Å²) in [5, 5.41) is 7.04. The van der Waals surface area contributed by atoms with Gasteiger partial charge in [-0.15, -0.1) is 10.2 Å². The summed E-state index contributed by atoms with van der Waals surface area (Å²) in [6.45, 7) is 3.76. The fourth-order valence-corrected chi connectivity index (χ4v) is 5.51. The molecule has 6 heterocycles. The smallest absolute Gasteiger partial charge is 0.451 e. The van der Waals surface area contributed by atoms with Crippen LogP contribution >= 0.6 is 11.6 Å². The molecule has 7 rings (SSSR count). The molecule has 1 aromatic carbocycles. The number of hydrogen-bond acceptors (Lipinski definition) is 10. The van der Waals surface area contributed by atoms with Crippen LogP contribution in [0.5, 0.6) is 5.88 Å². The van der Waals surface area contributed by atoms with Crippen molar-refractivity contribution in [2.24, 2.45) is 0 Å². The van der Waals surface area contributed by atoms with Gasteiger partial charge in [0.15, 0.2) is 5.82 Å². The van der Waals surface area contributed by atoms with Crippen molar-refractivity contribution in [1.82, 2.24) is 44.6 Å². The lowest BCUT2D eigenvalue weighted by Gasteiger charge is -2.35. The van der Waals surface area contributed by atoms with Gasteiger partial charge in [-0.25, -0.2) is 14.4 Å². The number of nitrogens with zero attached hydrogens (tertiary/aromatic N) is 9. The van der Waals surface area contributed by atoms with Crippen LogP contribution in [0.4, 0.5) is 27.9 Å². The topological polar surface area (TPSA) is 123 Å². The molecule has 1 N–H and O–H groups in total. The second-order valence-corrected chi connectivity index (χ2v) is 11.5. The number of pyridine rings is 1. The number of piperazine rings is 1. The van der Waals surface area contributed by atoms with Crippen molar-refractivity contribution in [2.75, 3.05) is 37.7 Å². The van der Waals surface area contributed by atoms with Crippen molar-refractivity contribution in [2.45, 2.75) is 38.4 Å². The minimum atomic E-state index is -4.66. The van der Waals surface area contributed by atoms with Crippen LogP contribution in [-0.4, -0.2) is 83.5 Å². The zero-order valence-corrected chi connectivity index (χ0v) is 25.3. The van der Waals surface area contributed by atoms with E-state index in [1.54, 1.807) is 12.3 Å². The Morgan fingerprint density at radius 3 is 2.51 bits per heavy atom. The first-order chi connectivity index (χ1) is 22.6. The zero-order chi connectivity index (χ0) is 32.7. The molecule has 47 heavy (non-hydrogen) atoms. The Labute approximate surface area is 268 Å². The average Bonchev–Trinajstić information content (AvgIpc) is 3.65. The molecule has 0 amide bonds. The number of nitrogens with one attached hydrogen (secondary N) is 1. The summed E-state index contributed by atoms with van der Waals surface area (Å²) >= 11 is 5.80. The molecule has 2 aliphatic heterocycles. The van der Waals surface area contributed by atoms with Crippen LogP contribution in [0.3, 0.4) is 0 Å². The highest BCUT2D eigenvalue weighted by Gasteiger charge is 2.35. The van der Waals surface area contributed by atoms with Crippen LogP contribution in [0, 0.1) is 11.6 Å². The lowest BCUT2D eigenvalue weighted by molar-refractivity contribution is -0.144. The maximum Gasteiger partial charge on any atom is 0.451 e. The summed E-state index contributed by atoms with van der Waals surface area (Å²) in [6, 6.07) is 5.72. The van der Waals surface area contributed by atoms with E-state index in [1.165, 1.54) is 12.1 Å². The molecule has 0 saturated carbocycles. The molecule has 0 radical (unpaired) electrons. The highest BCUT2D eigenvalue weighted by atomic mass is 35.5. The van der Waals surface area contributed by atoms with E-state index in [0.29, 0.717) is 51.4 Å². The summed E-state index contributed by atoms with van der Waals surface area (Å²) in [5.74, 6) is -1.90. The van der Waals surface area contributed by atoms with Gasteiger partial charge in [0.1, 0.15) is 23.9 Å². The largest absolute Gasteiger partial charge is 0.470 e. The fraction of sp³-hybridized carbons (Fsp3) is 0.379. The maximum atomic E-state index is 14.5. The highest BCUT2D eigenvalue weighted by molar-refractivity contribution is 6.30. The van der Waals surface area contributed by atoms with E-state index in [1.807, 2.05) is 9.47 Å². The molecule has 4 aromatic heterocycles. The Kier molecular flexibility index (Phi) is 8.36. The number of alkyl halides is 3. The normalized spacial score (nSPS) is 17.3. The number of halogens is 6. The SMILES string of the molecule is Fc1cc(Cl)ccc1COc1nc(N2CCN(Cc3nc4cc(-c5nnc(C(F)(F)F)[nH]5)ncc4n3CC3CCO3)CC2)ncc1F. The number of hydrogen-bond donors (Lipinski definition) is 1. The van der Waals surface area contributed by atoms with Crippen LogP contribution in [-0.2, 0) is 30.6 Å². The number of rotatable bonds is 9. The molecule has 1 atom stereocenters. The van der Waals surface area contributed by atoms with E-state index in [2.05, 4.69) is 35.0 Å². The summed E-state index contributed by atoms with van der Waals surface area (Å²) in [5.41, 5.74) is 1.67. The van der Waals surface area contributed by atoms with Gasteiger partial charge in [-0.1, -0.05) is 17.7 Å². The van der Waals surface area contributed by atoms with Gasteiger partial charge in [-0.2, -0.15) is 22.5 Å². The van der Waals surface area contributed by atoms with Gasteiger partial charge >= 0.3 is 6.18 Å². The van der Waals surface area contributed by atoms with Crippen LogP contribution < -0.4 is 9.64 Å². The summed E-state index contributed by atoms with van der Waals surface area (Å²) in [6.07, 6.45) is -1.14. The molecule has 5 aromatic rings. The van der Waals surface area contributed by atoms with E-state index in [9.17, 15) is 22.0 Å². The quantitative estimate of drug-likeness (QED) is 0.221. The molecule has 12 nitrogen and oxygen atoms in total. The first-order valence-corrected chi connectivity index (χ1v) is 15.0. The van der Waals surface area contributed by atoms with E-state index < -0.39 is 23.6 Å². The molecule has 1 unspecified atom stereocenters. The molecule has 2 fully saturated rings. The van der Waals surface area contributed by atoms with Gasteiger partial charge in [-0.3, -0.25) is 9.88 Å². The molecule has 2 saturated heterocycles. The van der Waals surface area contributed by atoms with Crippen molar-refractivity contribution in [1.29, 1.82) is 0 Å². The van der Waals surface area contributed by atoms with E-state index in [4.69, 9.17) is 26.1 Å². The van der Waals surface area contributed by atoms with Crippen LogP contribution in [0.2, 0.25) is 5.02 Å². The minimum absolute atomic E-state index is 0.0227. The fourth-order valence-electron chi connectivity index (χ4n) is 5.35. The first kappa shape index (κ1) is 31.1. The Morgan fingerprint density at radius 2 is 1.81 bits per heavy atom. The predicted molar refractivity (Wildman–Crippen MR) is 157 cm³/mol. The van der Waals surface area contributed by atoms with Crippen molar-refractivity contribution in [3.63, 3.8) is 0 Å². The third-order valence-electron chi connectivity index (χ3n) is 7.99. The summed E-state index contributed by atoms with van der Waals surface area (Å²) < 4.78 is 80.9. The summed E-state index contributed by atoms with van der Waals surface area (Å²) in [7, 11) is 0. The lowest BCUT2D eigenvalue weighted by Crippen LogP contribution is -2.47. The Morgan fingerprint density at radius 1 is 1.00 bits per heavy atom. The van der Waals surface area contributed by atoms with E-state index >= 15 is 0 Å². The third kappa shape index (κ3) is 6.68. The monoisotopic (exact) mass is 676 g/mol. The van der Waals surface area contributed by atoms with Gasteiger partial charge in [0.25, 0.3) is 5.88 Å². The number of ether oxygens (including phenoxy) is 2. The van der Waals surface area contributed by atoms with Crippen molar-refractivity contribution in [3.05, 3.63) is 70.5 Å². The second kappa shape index (κ2) is 12.6. The molecule has 2 aliphatic rings. The van der Waals surface area contributed by atoms with E-state index in [0.717, 1.165) is 30.0 Å². The van der Waals surface area contributed by atoms with Gasteiger partial charge in [0.2, 0.25) is 17.6 Å². The number of aromatic amines is 1. The van der Waals surface area contributed by atoms with Gasteiger partial charge in [-0.05, 0) is 24.6 Å². The molecular formula is C29H26ClF5N10O2. The van der Waals surface area contributed by atoms with Crippen molar-refractivity contribution in [3.8, 4) is 17.4 Å². The van der Waals surface area contributed by atoms with Gasteiger partial charge in [0.05, 0.1) is 42.6 Å². The van der Waals surface area contributed by atoms with Crippen LogP contribution in [0.1, 0.15) is 23.6 Å². The van der Waals surface area contributed by atoms with Gasteiger partial charge in [0, 0.05) is 43.4 Å². The summed E-state index contributed by atoms with van der Waals surface area (Å²) in [4.78, 5) is 23.8. The van der Waals surface area contributed by atoms with Crippen molar-refractivity contribution >= 4 is 28.6 Å². The Bertz CT molecular complexity index is 1910. The highest BCUT2D eigenvalue weighted by Crippen LogP contribution is 2.29. The van der Waals surface area contributed by atoms with Gasteiger partial charge < -0.3 is 23.9 Å². The Hall–Kier alpha value is -4.48. The zero-order valence-electron chi connectivity index (χ0n) is 24.5. The molecule has 246 valence electrons. The first-order valence-electron chi connectivity index (χ1n) is 14.6. The third-order valence-corrected chi connectivity index (χ3v) is 8.23. The molecule has 0 spiro atoms. The number of H-pyrrole nitrogens is 1. The van der Waals surface area contributed by atoms with Crippen LogP contribution in [0.25, 0.3) is 22.6 Å². The number of fused-ring (bicyclic) bond motifs is 1. The molecule has 0 aliphatic carbocycles. The molecule has 0 bridgehead atoms. The minimum Gasteiger partial charge on any atom is -0.470 e. The number of imidazole rings is 1. The number of aromatic nitrogens is 8. The number of anilines is 1. The average molecular weight is 677 g/mol. The van der Waals surface area contributed by atoms with E-state index in [-0.39, 0.29) is 46.6 Å². The maximum absolute atomic E-state index is 14.5. The standard InChI is InChI=1S/C29H26ClF5N10O2/c30-17-2-1-16(19(31)9-17)15-47-26-20(32)11-37-28(40-26)44-6-4-43(5-7-44)14-24-38-21-10-22(25-39-27(42-41-25)29(33,34)35)36-12-23(21)45(24)13-18-3-8-46-18/h1-2,9-12,18H,3-8,13-15H2,(H,39,41,42). The van der Waals surface area contributed by atoms with Crippen LogP contribution in [0.15, 0.2) is 36.7 Å².